The molecule has 1 saturated carbocycles. The Morgan fingerprint density at radius 2 is 1.69 bits per heavy atom. The van der Waals surface area contributed by atoms with Crippen LogP contribution in [0.2, 0.25) is 0 Å². The number of hydrogen-bond donors (Lipinski definition) is 0. The fraction of sp³-hybridized carbons (Fsp3) is 0.304. The molecule has 1 aliphatic rings. The summed E-state index contributed by atoms with van der Waals surface area (Å²) >= 11 is 0. The van der Waals surface area contributed by atoms with E-state index in [4.69, 9.17) is 4.74 Å². The summed E-state index contributed by atoms with van der Waals surface area (Å²) in [4.78, 5) is 25.3. The minimum Gasteiger partial charge on any atom is -0.453 e. The van der Waals surface area contributed by atoms with Gasteiger partial charge in [0.25, 0.3) is 0 Å². The molecule has 0 aromatic heterocycles. The zero-order valence-electron chi connectivity index (χ0n) is 15.1. The van der Waals surface area contributed by atoms with Gasteiger partial charge in [0.1, 0.15) is 11.9 Å². The number of esters is 1. The Kier molecular flexibility index (Phi) is 5.67. The highest BCUT2D eigenvalue weighted by Gasteiger charge is 2.43. The Labute approximate surface area is 154 Å². The van der Waals surface area contributed by atoms with Gasteiger partial charge in [-0.25, -0.2) is 4.79 Å². The van der Waals surface area contributed by atoms with Gasteiger partial charge in [0.05, 0.1) is 11.0 Å². The third kappa shape index (κ3) is 4.10. The van der Waals surface area contributed by atoms with Gasteiger partial charge in [0.2, 0.25) is 0 Å². The van der Waals surface area contributed by atoms with E-state index < -0.39 is 17.5 Å². The summed E-state index contributed by atoms with van der Waals surface area (Å²) in [5.74, 6) is -0.222. The van der Waals surface area contributed by atoms with Crippen molar-refractivity contribution >= 4 is 17.8 Å². The lowest BCUT2D eigenvalue weighted by molar-refractivity contribution is -0.135. The highest BCUT2D eigenvalue weighted by atomic mass is 16.5. The normalized spacial score (nSPS) is 21.5. The van der Waals surface area contributed by atoms with Crippen molar-refractivity contribution in [2.75, 3.05) is 0 Å². The number of rotatable bonds is 5. The Morgan fingerprint density at radius 1 is 1.04 bits per heavy atom. The molecule has 0 radical (unpaired) electrons. The lowest BCUT2D eigenvalue weighted by atomic mass is 9.70. The lowest BCUT2D eigenvalue weighted by Gasteiger charge is -2.37. The SMILES string of the molecule is C[C@@]1([C@H](/C=C/c2ccccc2)OC(=O)c2ccccc2)CCCCC1=O. The molecule has 2 aromatic carbocycles. The number of ketones is 1. The Morgan fingerprint density at radius 3 is 2.35 bits per heavy atom. The lowest BCUT2D eigenvalue weighted by Crippen LogP contribution is -2.43. The van der Waals surface area contributed by atoms with E-state index in [2.05, 4.69) is 0 Å². The van der Waals surface area contributed by atoms with Crippen LogP contribution in [-0.4, -0.2) is 17.9 Å². The van der Waals surface area contributed by atoms with Crippen LogP contribution >= 0.6 is 0 Å². The quantitative estimate of drug-likeness (QED) is 0.708. The summed E-state index contributed by atoms with van der Waals surface area (Å²) < 4.78 is 5.82. The molecule has 2 atom stereocenters. The smallest absolute Gasteiger partial charge is 0.338 e. The first kappa shape index (κ1) is 18.1. The van der Waals surface area contributed by atoms with E-state index in [1.54, 1.807) is 24.3 Å². The van der Waals surface area contributed by atoms with Gasteiger partial charge < -0.3 is 4.74 Å². The van der Waals surface area contributed by atoms with Crippen LogP contribution in [0.3, 0.4) is 0 Å². The topological polar surface area (TPSA) is 43.4 Å². The van der Waals surface area contributed by atoms with Gasteiger partial charge in [-0.2, -0.15) is 0 Å². The number of ether oxygens (including phenoxy) is 1. The van der Waals surface area contributed by atoms with E-state index in [0.717, 1.165) is 24.8 Å². The third-order valence-corrected chi connectivity index (χ3v) is 5.12. The van der Waals surface area contributed by atoms with Gasteiger partial charge >= 0.3 is 5.97 Å². The molecule has 0 unspecified atom stereocenters. The molecule has 0 saturated heterocycles. The maximum atomic E-state index is 12.7. The van der Waals surface area contributed by atoms with Crippen molar-refractivity contribution in [3.05, 3.63) is 77.9 Å². The van der Waals surface area contributed by atoms with E-state index in [0.29, 0.717) is 12.0 Å². The summed E-state index contributed by atoms with van der Waals surface area (Å²) in [6.07, 6.45) is 6.38. The summed E-state index contributed by atoms with van der Waals surface area (Å²) in [5, 5.41) is 0. The molecule has 0 amide bonds. The molecule has 26 heavy (non-hydrogen) atoms. The summed E-state index contributed by atoms with van der Waals surface area (Å²) in [6, 6.07) is 18.8. The Hall–Kier alpha value is -2.68. The fourth-order valence-electron chi connectivity index (χ4n) is 3.41. The van der Waals surface area contributed by atoms with Crippen molar-refractivity contribution in [2.24, 2.45) is 5.41 Å². The maximum absolute atomic E-state index is 12.7. The van der Waals surface area contributed by atoms with Crippen LogP contribution in [0.15, 0.2) is 66.7 Å². The molecule has 3 nitrogen and oxygen atoms in total. The van der Waals surface area contributed by atoms with Crippen molar-refractivity contribution in [1.82, 2.24) is 0 Å². The first-order valence-corrected chi connectivity index (χ1v) is 9.12. The average Bonchev–Trinajstić information content (AvgIpc) is 2.68. The number of carbonyl (C=O) groups is 2. The summed E-state index contributed by atoms with van der Waals surface area (Å²) in [7, 11) is 0. The molecule has 0 bridgehead atoms. The minimum absolute atomic E-state index is 0.173. The van der Waals surface area contributed by atoms with Crippen LogP contribution in [0.25, 0.3) is 6.08 Å². The van der Waals surface area contributed by atoms with Crippen LogP contribution in [0.4, 0.5) is 0 Å². The molecule has 3 heteroatoms. The van der Waals surface area contributed by atoms with E-state index in [1.807, 2.05) is 55.5 Å². The van der Waals surface area contributed by atoms with Gasteiger partial charge in [-0.1, -0.05) is 61.0 Å². The molecule has 0 spiro atoms. The molecule has 0 aliphatic heterocycles. The first-order valence-electron chi connectivity index (χ1n) is 9.12. The third-order valence-electron chi connectivity index (χ3n) is 5.12. The van der Waals surface area contributed by atoms with Gasteiger partial charge in [-0.15, -0.1) is 0 Å². The fourth-order valence-corrected chi connectivity index (χ4v) is 3.41. The summed E-state index contributed by atoms with van der Waals surface area (Å²) in [5.41, 5.74) is 0.839. The number of Topliss-reactive ketones (excluding diaryl/α,β-unsaturated/α-hetero) is 1. The monoisotopic (exact) mass is 348 g/mol. The largest absolute Gasteiger partial charge is 0.453 e. The highest BCUT2D eigenvalue weighted by Crippen LogP contribution is 2.38. The van der Waals surface area contributed by atoms with Gasteiger partial charge in [-0.3, -0.25) is 4.79 Å². The van der Waals surface area contributed by atoms with E-state index in [-0.39, 0.29) is 5.78 Å². The van der Waals surface area contributed by atoms with Crippen LogP contribution in [0, 0.1) is 5.41 Å². The second-order valence-electron chi connectivity index (χ2n) is 7.01. The Bertz CT molecular complexity index is 780. The molecular formula is C23H24O3. The van der Waals surface area contributed by atoms with Crippen LogP contribution in [0.1, 0.15) is 48.5 Å². The predicted molar refractivity (Wildman–Crippen MR) is 103 cm³/mol. The standard InChI is InChI=1S/C23H24O3/c1-23(17-9-8-14-20(23)24)21(16-15-18-10-4-2-5-11-18)26-22(25)19-12-6-3-7-13-19/h2-7,10-13,15-16,21H,8-9,14,17H2,1H3/b16-15+/t21-,23+/m0/s1. The van der Waals surface area contributed by atoms with Crippen LogP contribution < -0.4 is 0 Å². The number of hydrogen-bond acceptors (Lipinski definition) is 3. The molecule has 3 rings (SSSR count). The van der Waals surface area contributed by atoms with Crippen molar-refractivity contribution < 1.29 is 14.3 Å². The van der Waals surface area contributed by atoms with Gasteiger partial charge in [0, 0.05) is 6.42 Å². The maximum Gasteiger partial charge on any atom is 0.338 e. The second-order valence-corrected chi connectivity index (χ2v) is 7.01. The van der Waals surface area contributed by atoms with E-state index in [1.165, 1.54) is 0 Å². The summed E-state index contributed by atoms with van der Waals surface area (Å²) in [6.45, 7) is 1.92. The molecule has 1 aliphatic carbocycles. The number of carbonyl (C=O) groups excluding carboxylic acids is 2. The van der Waals surface area contributed by atoms with Gasteiger partial charge in [-0.05, 0) is 43.5 Å². The zero-order valence-corrected chi connectivity index (χ0v) is 15.1. The zero-order chi connectivity index (χ0) is 18.4. The van der Waals surface area contributed by atoms with E-state index >= 15 is 0 Å². The molecule has 0 heterocycles. The molecule has 134 valence electrons. The van der Waals surface area contributed by atoms with Crippen LogP contribution in [0.5, 0.6) is 0 Å². The van der Waals surface area contributed by atoms with Crippen molar-refractivity contribution in [3.8, 4) is 0 Å². The molecular weight excluding hydrogens is 324 g/mol. The predicted octanol–water partition coefficient (Wildman–Crippen LogP) is 5.07. The first-order chi connectivity index (χ1) is 12.6. The van der Waals surface area contributed by atoms with Crippen molar-refractivity contribution in [2.45, 2.75) is 38.7 Å². The average molecular weight is 348 g/mol. The molecule has 2 aromatic rings. The van der Waals surface area contributed by atoms with Crippen molar-refractivity contribution in [1.29, 1.82) is 0 Å². The molecule has 0 N–H and O–H groups in total. The second kappa shape index (κ2) is 8.13. The van der Waals surface area contributed by atoms with E-state index in [9.17, 15) is 9.59 Å². The number of benzene rings is 2. The molecule has 1 fully saturated rings. The highest BCUT2D eigenvalue weighted by molar-refractivity contribution is 5.91. The Balaban J connectivity index is 1.87. The van der Waals surface area contributed by atoms with Crippen molar-refractivity contribution in [3.63, 3.8) is 0 Å². The minimum atomic E-state index is -0.673. The van der Waals surface area contributed by atoms with Crippen LogP contribution in [-0.2, 0) is 9.53 Å². The van der Waals surface area contributed by atoms with Gasteiger partial charge in [0.15, 0.2) is 0 Å².